The number of rotatable bonds is 10. The van der Waals surface area contributed by atoms with Gasteiger partial charge in [-0.2, -0.15) is 0 Å². The van der Waals surface area contributed by atoms with E-state index in [1.807, 2.05) is 29.2 Å². The molecule has 25 heavy (non-hydrogen) atoms. The highest BCUT2D eigenvalue weighted by Crippen LogP contribution is 2.17. The second kappa shape index (κ2) is 9.46. The van der Waals surface area contributed by atoms with Gasteiger partial charge in [0.15, 0.2) is 0 Å². The van der Waals surface area contributed by atoms with E-state index in [1.165, 1.54) is 0 Å². The van der Waals surface area contributed by atoms with Gasteiger partial charge < -0.3 is 19.7 Å². The molecular formula is C16H26N2O6S. The predicted molar refractivity (Wildman–Crippen MR) is 92.9 cm³/mol. The molecule has 1 aromatic rings. The van der Waals surface area contributed by atoms with E-state index in [-0.39, 0.29) is 6.61 Å². The van der Waals surface area contributed by atoms with Gasteiger partial charge in [0, 0.05) is 19.6 Å². The molecule has 0 aliphatic carbocycles. The molecule has 9 heteroatoms. The molecule has 0 amide bonds. The van der Waals surface area contributed by atoms with Crippen LogP contribution in [0.5, 0.6) is 5.75 Å². The van der Waals surface area contributed by atoms with Crippen LogP contribution in [0, 0.1) is 0 Å². The molecule has 1 heterocycles. The Kier molecular flexibility index (Phi) is 7.60. The third-order valence-electron chi connectivity index (χ3n) is 3.79. The second-order valence-electron chi connectivity index (χ2n) is 6.09. The fourth-order valence-electron chi connectivity index (χ4n) is 2.72. The van der Waals surface area contributed by atoms with Crippen LogP contribution in [0.1, 0.15) is 5.56 Å². The van der Waals surface area contributed by atoms with Crippen molar-refractivity contribution in [3.63, 3.8) is 0 Å². The summed E-state index contributed by atoms with van der Waals surface area (Å²) < 4.78 is 35.7. The fraction of sp³-hybridized carbons (Fsp3) is 0.625. The van der Waals surface area contributed by atoms with Crippen LogP contribution in [0.2, 0.25) is 0 Å². The van der Waals surface area contributed by atoms with E-state index in [9.17, 15) is 13.5 Å². The molecule has 1 saturated heterocycles. The Labute approximate surface area is 148 Å². The zero-order valence-electron chi connectivity index (χ0n) is 14.3. The summed E-state index contributed by atoms with van der Waals surface area (Å²) in [6, 6.07) is 7.12. The van der Waals surface area contributed by atoms with Gasteiger partial charge in [-0.1, -0.05) is 12.1 Å². The summed E-state index contributed by atoms with van der Waals surface area (Å²) in [5.41, 5.74) is 1.05. The summed E-state index contributed by atoms with van der Waals surface area (Å²) in [4.78, 5) is 2.01. The first-order valence-electron chi connectivity index (χ1n) is 8.15. The first-order chi connectivity index (χ1) is 11.9. The molecular weight excluding hydrogens is 348 g/mol. The molecule has 1 aliphatic rings. The lowest BCUT2D eigenvalue weighted by Gasteiger charge is -2.16. The molecule has 3 N–H and O–H groups in total. The maximum absolute atomic E-state index is 11.3. The maximum Gasteiger partial charge on any atom is 0.209 e. The number of hydrogen-bond acceptors (Lipinski definition) is 7. The number of nitrogens with zero attached hydrogens (tertiary/aromatic N) is 1. The SMILES string of the molecule is CS(=O)(=O)N[C@@H]1CN(Cc2ccc(OCCOCCO)cc2)C[C@H]1O. The van der Waals surface area contributed by atoms with Crippen LogP contribution in [0.4, 0.5) is 0 Å². The van der Waals surface area contributed by atoms with Gasteiger partial charge in [0.05, 0.1) is 38.2 Å². The quantitative estimate of drug-likeness (QED) is 0.459. The first-order valence-corrected chi connectivity index (χ1v) is 10.0. The van der Waals surface area contributed by atoms with Gasteiger partial charge >= 0.3 is 0 Å². The van der Waals surface area contributed by atoms with Crippen molar-refractivity contribution in [3.8, 4) is 5.75 Å². The average Bonchev–Trinajstić information content (AvgIpc) is 2.86. The summed E-state index contributed by atoms with van der Waals surface area (Å²) in [5.74, 6) is 0.731. The smallest absolute Gasteiger partial charge is 0.209 e. The number of hydrogen-bond donors (Lipinski definition) is 3. The minimum Gasteiger partial charge on any atom is -0.491 e. The number of β-amino-alcohol motifs (C(OH)–C–C–N with tert-alkyl or cyclic N) is 1. The Morgan fingerprint density at radius 2 is 1.92 bits per heavy atom. The number of nitrogens with one attached hydrogen (secondary N) is 1. The van der Waals surface area contributed by atoms with Crippen molar-refractivity contribution in [2.75, 3.05) is 45.8 Å². The Hall–Kier alpha value is -1.23. The summed E-state index contributed by atoms with van der Waals surface area (Å²) in [6.45, 7) is 2.65. The molecule has 142 valence electrons. The van der Waals surface area contributed by atoms with Crippen molar-refractivity contribution < 1.29 is 28.1 Å². The third kappa shape index (κ3) is 7.27. The average molecular weight is 374 g/mol. The molecule has 0 bridgehead atoms. The molecule has 8 nitrogen and oxygen atoms in total. The van der Waals surface area contributed by atoms with E-state index in [1.54, 1.807) is 0 Å². The van der Waals surface area contributed by atoms with Gasteiger partial charge in [0.1, 0.15) is 12.4 Å². The molecule has 1 fully saturated rings. The molecule has 0 aromatic heterocycles. The van der Waals surface area contributed by atoms with Gasteiger partial charge in [0.25, 0.3) is 0 Å². The highest BCUT2D eigenvalue weighted by atomic mass is 32.2. The van der Waals surface area contributed by atoms with Crippen LogP contribution in [-0.2, 0) is 21.3 Å². The van der Waals surface area contributed by atoms with Gasteiger partial charge in [-0.05, 0) is 17.7 Å². The van der Waals surface area contributed by atoms with Gasteiger partial charge in [-0.25, -0.2) is 13.1 Å². The number of aliphatic hydroxyl groups excluding tert-OH is 2. The van der Waals surface area contributed by atoms with E-state index in [0.29, 0.717) is 39.5 Å². The zero-order chi connectivity index (χ0) is 18.3. The molecule has 0 unspecified atom stereocenters. The number of aliphatic hydroxyl groups is 2. The molecule has 2 atom stereocenters. The maximum atomic E-state index is 11.3. The topological polar surface area (TPSA) is 108 Å². The Morgan fingerprint density at radius 3 is 2.56 bits per heavy atom. The number of likely N-dealkylation sites (tertiary alicyclic amines) is 1. The molecule has 2 rings (SSSR count). The van der Waals surface area contributed by atoms with Crippen molar-refractivity contribution >= 4 is 10.0 Å². The predicted octanol–water partition coefficient (Wildman–Crippen LogP) is -0.831. The lowest BCUT2D eigenvalue weighted by atomic mass is 10.2. The van der Waals surface area contributed by atoms with Crippen LogP contribution in [-0.4, -0.2) is 81.4 Å². The summed E-state index contributed by atoms with van der Waals surface area (Å²) in [7, 11) is -3.33. The zero-order valence-corrected chi connectivity index (χ0v) is 15.1. The highest BCUT2D eigenvalue weighted by Gasteiger charge is 2.32. The van der Waals surface area contributed by atoms with E-state index >= 15 is 0 Å². The standard InChI is InChI=1S/C16H26N2O6S/c1-25(21,22)17-15-11-18(12-16(15)20)10-13-2-4-14(5-3-13)24-9-8-23-7-6-19/h2-5,15-17,19-20H,6-12H2,1H3/t15-,16-/m1/s1. The Balaban J connectivity index is 1.77. The Morgan fingerprint density at radius 1 is 1.20 bits per heavy atom. The van der Waals surface area contributed by atoms with E-state index in [4.69, 9.17) is 14.6 Å². The van der Waals surface area contributed by atoms with Crippen LogP contribution in [0.15, 0.2) is 24.3 Å². The van der Waals surface area contributed by atoms with Crippen LogP contribution in [0.3, 0.4) is 0 Å². The summed E-state index contributed by atoms with van der Waals surface area (Å²) in [5, 5.41) is 18.6. The largest absolute Gasteiger partial charge is 0.491 e. The fourth-order valence-corrected chi connectivity index (χ4v) is 3.50. The van der Waals surface area contributed by atoms with Crippen molar-refractivity contribution in [3.05, 3.63) is 29.8 Å². The van der Waals surface area contributed by atoms with E-state index in [0.717, 1.165) is 17.6 Å². The second-order valence-corrected chi connectivity index (χ2v) is 7.87. The van der Waals surface area contributed by atoms with Crippen molar-refractivity contribution in [1.82, 2.24) is 9.62 Å². The van der Waals surface area contributed by atoms with E-state index in [2.05, 4.69) is 4.72 Å². The monoisotopic (exact) mass is 374 g/mol. The normalized spacial score (nSPS) is 21.6. The van der Waals surface area contributed by atoms with Crippen LogP contribution >= 0.6 is 0 Å². The molecule has 0 radical (unpaired) electrons. The number of sulfonamides is 1. The van der Waals surface area contributed by atoms with Crippen molar-refractivity contribution in [1.29, 1.82) is 0 Å². The van der Waals surface area contributed by atoms with Gasteiger partial charge in [-0.3, -0.25) is 4.90 Å². The van der Waals surface area contributed by atoms with Crippen molar-refractivity contribution in [2.45, 2.75) is 18.7 Å². The van der Waals surface area contributed by atoms with Crippen LogP contribution in [0.25, 0.3) is 0 Å². The van der Waals surface area contributed by atoms with Crippen molar-refractivity contribution in [2.24, 2.45) is 0 Å². The highest BCUT2D eigenvalue weighted by molar-refractivity contribution is 7.88. The molecule has 1 aliphatic heterocycles. The first kappa shape index (κ1) is 20.1. The minimum absolute atomic E-state index is 0.000454. The lowest BCUT2D eigenvalue weighted by molar-refractivity contribution is 0.0705. The van der Waals surface area contributed by atoms with Gasteiger partial charge in [-0.15, -0.1) is 0 Å². The summed E-state index contributed by atoms with van der Waals surface area (Å²) in [6.07, 6.45) is 0.381. The molecule has 1 aromatic carbocycles. The van der Waals surface area contributed by atoms with Crippen LogP contribution < -0.4 is 9.46 Å². The molecule has 0 spiro atoms. The summed E-state index contributed by atoms with van der Waals surface area (Å²) >= 11 is 0. The van der Waals surface area contributed by atoms with E-state index < -0.39 is 22.2 Å². The lowest BCUT2D eigenvalue weighted by Crippen LogP contribution is -2.42. The minimum atomic E-state index is -3.33. The number of benzene rings is 1. The number of ether oxygens (including phenoxy) is 2. The Bertz CT molecular complexity index is 622. The molecule has 0 saturated carbocycles. The third-order valence-corrected chi connectivity index (χ3v) is 4.52. The van der Waals surface area contributed by atoms with Gasteiger partial charge in [0.2, 0.25) is 10.0 Å².